The van der Waals surface area contributed by atoms with Crippen LogP contribution < -0.4 is 0 Å². The molecular formula is C12H11Cl2NO2. The van der Waals surface area contributed by atoms with Gasteiger partial charge in [-0.15, -0.1) is 0 Å². The number of halogens is 2. The summed E-state index contributed by atoms with van der Waals surface area (Å²) in [5, 5.41) is 20.3. The van der Waals surface area contributed by atoms with Crippen molar-refractivity contribution in [2.45, 2.75) is 12.5 Å². The van der Waals surface area contributed by atoms with Crippen molar-refractivity contribution in [3.63, 3.8) is 0 Å². The van der Waals surface area contributed by atoms with Gasteiger partial charge in [0.1, 0.15) is 11.5 Å². The van der Waals surface area contributed by atoms with Crippen LogP contribution >= 0.6 is 23.2 Å². The van der Waals surface area contributed by atoms with Crippen molar-refractivity contribution in [2.75, 3.05) is 13.2 Å². The molecule has 2 rings (SSSR count). The highest BCUT2D eigenvalue weighted by Crippen LogP contribution is 2.44. The van der Waals surface area contributed by atoms with Gasteiger partial charge in [0.2, 0.25) is 0 Å². The summed E-state index contributed by atoms with van der Waals surface area (Å²) in [5.74, 6) is 0. The van der Waals surface area contributed by atoms with Crippen molar-refractivity contribution in [2.24, 2.45) is 5.41 Å². The molecule has 2 unspecified atom stereocenters. The Kier molecular flexibility index (Phi) is 3.60. The van der Waals surface area contributed by atoms with E-state index in [1.165, 1.54) is 0 Å². The van der Waals surface area contributed by atoms with E-state index in [4.69, 9.17) is 27.9 Å². The number of hydrogen-bond acceptors (Lipinski definition) is 3. The smallest absolute Gasteiger partial charge is 0.113 e. The molecule has 0 bridgehead atoms. The summed E-state index contributed by atoms with van der Waals surface area (Å²) in [6, 6.07) is 7.13. The number of ether oxygens (including phenoxy) is 1. The molecule has 1 fully saturated rings. The molecule has 1 N–H and O–H groups in total. The minimum Gasteiger partial charge on any atom is -0.387 e. The summed E-state index contributed by atoms with van der Waals surface area (Å²) in [5.41, 5.74) is -0.544. The van der Waals surface area contributed by atoms with Gasteiger partial charge in [-0.2, -0.15) is 5.26 Å². The molecule has 1 aromatic carbocycles. The average molecular weight is 272 g/mol. The maximum absolute atomic E-state index is 10.4. The lowest BCUT2D eigenvalue weighted by molar-refractivity contribution is 0.0505. The third-order valence-electron chi connectivity index (χ3n) is 3.07. The van der Waals surface area contributed by atoms with Crippen LogP contribution in [0.2, 0.25) is 10.0 Å². The number of aliphatic hydroxyl groups excluding tert-OH is 1. The lowest BCUT2D eigenvalue weighted by Crippen LogP contribution is -2.28. The van der Waals surface area contributed by atoms with Crippen LogP contribution in [0.3, 0.4) is 0 Å². The fraction of sp³-hybridized carbons (Fsp3) is 0.417. The van der Waals surface area contributed by atoms with Gasteiger partial charge in [-0.1, -0.05) is 29.3 Å². The zero-order valence-corrected chi connectivity index (χ0v) is 10.5. The highest BCUT2D eigenvalue weighted by atomic mass is 35.5. The molecule has 0 saturated carbocycles. The van der Waals surface area contributed by atoms with Gasteiger partial charge in [-0.05, 0) is 18.6 Å². The minimum atomic E-state index is -1.03. The Bertz CT molecular complexity index is 444. The van der Waals surface area contributed by atoms with E-state index in [9.17, 15) is 10.4 Å². The molecule has 90 valence electrons. The SMILES string of the molecule is N#CC1(C(O)c2c(Cl)cccc2Cl)CCOC1. The van der Waals surface area contributed by atoms with Crippen molar-refractivity contribution >= 4 is 23.2 Å². The van der Waals surface area contributed by atoms with Gasteiger partial charge in [-0.3, -0.25) is 0 Å². The average Bonchev–Trinajstić information content (AvgIpc) is 2.78. The molecule has 1 aliphatic rings. The summed E-state index contributed by atoms with van der Waals surface area (Å²) < 4.78 is 5.21. The van der Waals surface area contributed by atoms with Crippen LogP contribution in [0.5, 0.6) is 0 Å². The lowest BCUT2D eigenvalue weighted by Gasteiger charge is -2.27. The quantitative estimate of drug-likeness (QED) is 0.900. The molecule has 0 amide bonds. The second kappa shape index (κ2) is 4.83. The van der Waals surface area contributed by atoms with E-state index in [-0.39, 0.29) is 6.61 Å². The van der Waals surface area contributed by atoms with Crippen molar-refractivity contribution in [3.05, 3.63) is 33.8 Å². The summed E-state index contributed by atoms with van der Waals surface area (Å²) in [6.45, 7) is 0.666. The summed E-state index contributed by atoms with van der Waals surface area (Å²) in [4.78, 5) is 0. The summed E-state index contributed by atoms with van der Waals surface area (Å²) in [6.07, 6.45) is -0.553. The Morgan fingerprint density at radius 3 is 2.53 bits per heavy atom. The van der Waals surface area contributed by atoms with E-state index in [2.05, 4.69) is 6.07 Å². The van der Waals surface area contributed by atoms with Gasteiger partial charge in [-0.25, -0.2) is 0 Å². The molecule has 17 heavy (non-hydrogen) atoms. The van der Waals surface area contributed by atoms with Crippen molar-refractivity contribution < 1.29 is 9.84 Å². The minimum absolute atomic E-state index is 0.201. The second-order valence-electron chi connectivity index (χ2n) is 4.11. The first-order chi connectivity index (χ1) is 8.10. The van der Waals surface area contributed by atoms with Crippen molar-refractivity contribution in [3.8, 4) is 6.07 Å². The maximum atomic E-state index is 10.4. The second-order valence-corrected chi connectivity index (χ2v) is 4.92. The van der Waals surface area contributed by atoms with E-state index in [1.54, 1.807) is 18.2 Å². The number of hydrogen-bond donors (Lipinski definition) is 1. The molecule has 0 aromatic heterocycles. The van der Waals surface area contributed by atoms with Crippen LogP contribution in [-0.2, 0) is 4.74 Å². The van der Waals surface area contributed by atoms with Gasteiger partial charge >= 0.3 is 0 Å². The largest absolute Gasteiger partial charge is 0.387 e. The lowest BCUT2D eigenvalue weighted by atomic mass is 9.79. The zero-order valence-electron chi connectivity index (χ0n) is 8.99. The summed E-state index contributed by atoms with van der Waals surface area (Å²) >= 11 is 12.1. The normalized spacial score (nSPS) is 25.5. The van der Waals surface area contributed by atoms with Crippen LogP contribution in [0.15, 0.2) is 18.2 Å². The first kappa shape index (κ1) is 12.7. The Balaban J connectivity index is 2.43. The van der Waals surface area contributed by atoms with Crippen LogP contribution in [-0.4, -0.2) is 18.3 Å². The molecule has 1 heterocycles. The Morgan fingerprint density at radius 2 is 2.06 bits per heavy atom. The molecule has 5 heteroatoms. The van der Waals surface area contributed by atoms with Crippen LogP contribution in [0.1, 0.15) is 18.1 Å². The van der Waals surface area contributed by atoms with E-state index in [0.29, 0.717) is 28.6 Å². The molecule has 1 aliphatic heterocycles. The predicted octanol–water partition coefficient (Wildman–Crippen LogP) is 2.96. The highest BCUT2D eigenvalue weighted by molar-refractivity contribution is 6.36. The van der Waals surface area contributed by atoms with Gasteiger partial charge < -0.3 is 9.84 Å². The molecule has 1 saturated heterocycles. The molecule has 3 nitrogen and oxygen atoms in total. The third-order valence-corrected chi connectivity index (χ3v) is 3.73. The standard InChI is InChI=1S/C12H11Cl2NO2/c13-8-2-1-3-9(14)10(8)11(16)12(6-15)4-5-17-7-12/h1-3,11,16H,4-5,7H2. The monoisotopic (exact) mass is 271 g/mol. The molecule has 0 aliphatic carbocycles. The molecule has 0 spiro atoms. The molecule has 0 radical (unpaired) electrons. The number of benzene rings is 1. The Labute approximate surface area is 110 Å². The number of nitriles is 1. The predicted molar refractivity (Wildman–Crippen MR) is 64.9 cm³/mol. The van der Waals surface area contributed by atoms with Gasteiger partial charge in [0.15, 0.2) is 0 Å². The number of aliphatic hydroxyl groups is 1. The van der Waals surface area contributed by atoms with E-state index in [1.807, 2.05) is 0 Å². The van der Waals surface area contributed by atoms with Crippen LogP contribution in [0.25, 0.3) is 0 Å². The van der Waals surface area contributed by atoms with Crippen LogP contribution in [0.4, 0.5) is 0 Å². The van der Waals surface area contributed by atoms with E-state index < -0.39 is 11.5 Å². The fourth-order valence-electron chi connectivity index (χ4n) is 1.99. The van der Waals surface area contributed by atoms with Gasteiger partial charge in [0.25, 0.3) is 0 Å². The van der Waals surface area contributed by atoms with Gasteiger partial charge in [0, 0.05) is 22.2 Å². The topological polar surface area (TPSA) is 53.2 Å². The fourth-order valence-corrected chi connectivity index (χ4v) is 2.60. The maximum Gasteiger partial charge on any atom is 0.113 e. The molecule has 2 atom stereocenters. The highest BCUT2D eigenvalue weighted by Gasteiger charge is 2.44. The number of rotatable bonds is 2. The molecule has 1 aromatic rings. The zero-order chi connectivity index (χ0) is 12.5. The Hall–Kier alpha value is -0.790. The Morgan fingerprint density at radius 1 is 1.41 bits per heavy atom. The third kappa shape index (κ3) is 2.14. The number of nitrogens with zero attached hydrogens (tertiary/aromatic N) is 1. The van der Waals surface area contributed by atoms with Crippen molar-refractivity contribution in [1.82, 2.24) is 0 Å². The van der Waals surface area contributed by atoms with E-state index in [0.717, 1.165) is 0 Å². The van der Waals surface area contributed by atoms with Crippen LogP contribution in [0, 0.1) is 16.7 Å². The van der Waals surface area contributed by atoms with Gasteiger partial charge in [0.05, 0.1) is 12.7 Å². The van der Waals surface area contributed by atoms with E-state index >= 15 is 0 Å². The first-order valence-corrected chi connectivity index (χ1v) is 5.97. The van der Waals surface area contributed by atoms with Crippen molar-refractivity contribution in [1.29, 1.82) is 5.26 Å². The summed E-state index contributed by atoms with van der Waals surface area (Å²) in [7, 11) is 0. The first-order valence-electron chi connectivity index (χ1n) is 5.22. The molecular weight excluding hydrogens is 261 g/mol.